The highest BCUT2D eigenvalue weighted by Crippen LogP contribution is 2.30. The maximum Gasteiger partial charge on any atom is 0.257 e. The summed E-state index contributed by atoms with van der Waals surface area (Å²) in [4.78, 5) is 16.3. The molecule has 1 aliphatic rings. The van der Waals surface area contributed by atoms with E-state index in [0.29, 0.717) is 17.9 Å². The third-order valence-electron chi connectivity index (χ3n) is 4.53. The van der Waals surface area contributed by atoms with E-state index in [1.165, 1.54) is 17.6 Å². The van der Waals surface area contributed by atoms with Crippen molar-refractivity contribution < 1.29 is 17.9 Å². The molecule has 0 saturated carbocycles. The van der Waals surface area contributed by atoms with Crippen molar-refractivity contribution in [1.82, 2.24) is 9.21 Å². The number of anilines is 1. The molecular weight excluding hydrogens is 342 g/mol. The number of benzene rings is 1. The molecule has 0 unspecified atom stereocenters. The molecule has 0 aliphatic carbocycles. The van der Waals surface area contributed by atoms with Gasteiger partial charge in [-0.05, 0) is 18.2 Å². The molecule has 0 fully saturated rings. The van der Waals surface area contributed by atoms with E-state index in [1.54, 1.807) is 18.0 Å². The highest BCUT2D eigenvalue weighted by atomic mass is 32.2. The molecule has 25 heavy (non-hydrogen) atoms. The summed E-state index contributed by atoms with van der Waals surface area (Å²) in [6.07, 6.45) is 0.826. The summed E-state index contributed by atoms with van der Waals surface area (Å²) in [5.74, 6) is 0.376. The van der Waals surface area contributed by atoms with E-state index >= 15 is 0 Å². The van der Waals surface area contributed by atoms with Crippen LogP contribution in [0, 0.1) is 5.92 Å². The summed E-state index contributed by atoms with van der Waals surface area (Å²) in [7, 11) is 3.81. The molecule has 1 aliphatic heterocycles. The van der Waals surface area contributed by atoms with Crippen LogP contribution in [0.25, 0.3) is 0 Å². The van der Waals surface area contributed by atoms with Gasteiger partial charge in [-0.1, -0.05) is 6.92 Å². The van der Waals surface area contributed by atoms with Crippen molar-refractivity contribution >= 4 is 21.6 Å². The largest absolute Gasteiger partial charge is 0.488 e. The van der Waals surface area contributed by atoms with Crippen molar-refractivity contribution in [2.45, 2.75) is 13.0 Å². The number of fused-ring (bicyclic) bond motifs is 1. The first kappa shape index (κ1) is 19.5. The van der Waals surface area contributed by atoms with E-state index in [4.69, 9.17) is 4.74 Å². The first-order valence-corrected chi connectivity index (χ1v) is 10.0. The number of sulfonamides is 1. The molecule has 8 heteroatoms. The molecule has 0 radical (unpaired) electrons. The maximum absolute atomic E-state index is 12.7. The van der Waals surface area contributed by atoms with Gasteiger partial charge in [-0.15, -0.1) is 0 Å². The summed E-state index contributed by atoms with van der Waals surface area (Å²) in [5, 5.41) is 0. The second kappa shape index (κ2) is 7.21. The first-order chi connectivity index (χ1) is 11.5. The summed E-state index contributed by atoms with van der Waals surface area (Å²) < 4.78 is 30.9. The lowest BCUT2D eigenvalue weighted by Gasteiger charge is -2.34. The number of hydrogen-bond acceptors (Lipinski definition) is 5. The van der Waals surface area contributed by atoms with Crippen molar-refractivity contribution in [3.63, 3.8) is 0 Å². The smallest absolute Gasteiger partial charge is 0.257 e. The van der Waals surface area contributed by atoms with Gasteiger partial charge >= 0.3 is 0 Å². The van der Waals surface area contributed by atoms with Gasteiger partial charge in [0.05, 0.1) is 18.4 Å². The van der Waals surface area contributed by atoms with E-state index in [9.17, 15) is 13.2 Å². The molecule has 7 nitrogen and oxygen atoms in total. The van der Waals surface area contributed by atoms with Crippen LogP contribution in [-0.4, -0.2) is 77.2 Å². The lowest BCUT2D eigenvalue weighted by atomic mass is 10.0. The zero-order chi connectivity index (χ0) is 18.9. The number of rotatable bonds is 4. The minimum Gasteiger partial charge on any atom is -0.488 e. The van der Waals surface area contributed by atoms with E-state index in [0.717, 1.165) is 5.69 Å². The number of hydrogen-bond donors (Lipinski definition) is 0. The van der Waals surface area contributed by atoms with Crippen molar-refractivity contribution in [1.29, 1.82) is 0 Å². The van der Waals surface area contributed by atoms with Crippen LogP contribution in [0.1, 0.15) is 17.3 Å². The van der Waals surface area contributed by atoms with Gasteiger partial charge < -0.3 is 14.5 Å². The molecule has 1 aromatic carbocycles. The van der Waals surface area contributed by atoms with E-state index in [2.05, 4.69) is 0 Å². The molecule has 1 aromatic rings. The zero-order valence-corrected chi connectivity index (χ0v) is 16.5. The lowest BCUT2D eigenvalue weighted by Crippen LogP contribution is -2.46. The Kier molecular flexibility index (Phi) is 5.63. The van der Waals surface area contributed by atoms with Gasteiger partial charge in [0.1, 0.15) is 11.9 Å². The fraction of sp³-hybridized carbons (Fsp3) is 0.588. The van der Waals surface area contributed by atoms with Crippen molar-refractivity contribution in [2.75, 3.05) is 52.4 Å². The normalized spacial score (nSPS) is 21.4. The number of likely N-dealkylation sites (N-methyl/N-ethyl adjacent to an activating group) is 1. The predicted molar refractivity (Wildman–Crippen MR) is 98.8 cm³/mol. The molecule has 2 rings (SSSR count). The van der Waals surface area contributed by atoms with Crippen LogP contribution in [-0.2, 0) is 10.0 Å². The number of ether oxygens (including phenoxy) is 1. The Morgan fingerprint density at radius 3 is 2.48 bits per heavy atom. The van der Waals surface area contributed by atoms with Crippen LogP contribution in [0.5, 0.6) is 5.75 Å². The van der Waals surface area contributed by atoms with E-state index < -0.39 is 10.0 Å². The van der Waals surface area contributed by atoms with Gasteiger partial charge in [-0.3, -0.25) is 4.79 Å². The van der Waals surface area contributed by atoms with Crippen LogP contribution in [0.2, 0.25) is 0 Å². The maximum atomic E-state index is 12.7. The highest BCUT2D eigenvalue weighted by Gasteiger charge is 2.31. The molecule has 2 atom stereocenters. The monoisotopic (exact) mass is 369 g/mol. The lowest BCUT2D eigenvalue weighted by molar-refractivity contribution is 0.0605. The molecule has 0 saturated heterocycles. The Hall–Kier alpha value is -1.80. The topological polar surface area (TPSA) is 70.2 Å². The zero-order valence-electron chi connectivity index (χ0n) is 15.7. The number of amides is 1. The molecule has 0 N–H and O–H groups in total. The molecule has 1 amide bonds. The standard InChI is InChI=1S/C17H27N3O4S/c1-12-10-19(4)17(21)14-9-13(18(2)3)7-8-15(14)24-16(12)11-20(5)25(6,22)23/h7-9,12,16H,10-11H2,1-6H3/t12-,16-/m0/s1. The van der Waals surface area contributed by atoms with Gasteiger partial charge in [0, 0.05) is 46.3 Å². The number of nitrogens with zero attached hydrogens (tertiary/aromatic N) is 3. The number of carbonyl (C=O) groups is 1. The molecule has 0 aromatic heterocycles. The van der Waals surface area contributed by atoms with Gasteiger partial charge in [0.25, 0.3) is 5.91 Å². The Bertz CT molecular complexity index is 748. The van der Waals surface area contributed by atoms with Crippen molar-refractivity contribution in [3.05, 3.63) is 23.8 Å². The van der Waals surface area contributed by atoms with Crippen LogP contribution in [0.3, 0.4) is 0 Å². The summed E-state index contributed by atoms with van der Waals surface area (Å²) in [6.45, 7) is 2.69. The van der Waals surface area contributed by atoms with Gasteiger partial charge in [0.2, 0.25) is 10.0 Å². The SMILES string of the molecule is C[C@H]1CN(C)C(=O)c2cc(N(C)C)ccc2O[C@H]1CN(C)S(C)(=O)=O. The Morgan fingerprint density at radius 2 is 1.92 bits per heavy atom. The fourth-order valence-electron chi connectivity index (χ4n) is 2.79. The fourth-order valence-corrected chi connectivity index (χ4v) is 3.21. The van der Waals surface area contributed by atoms with Crippen molar-refractivity contribution in [3.8, 4) is 5.75 Å². The molecular formula is C17H27N3O4S. The molecule has 140 valence electrons. The van der Waals surface area contributed by atoms with E-state index in [-0.39, 0.29) is 24.5 Å². The van der Waals surface area contributed by atoms with E-state index in [1.807, 2.05) is 38.1 Å². The minimum atomic E-state index is -3.30. The van der Waals surface area contributed by atoms with Crippen LogP contribution in [0.15, 0.2) is 18.2 Å². The highest BCUT2D eigenvalue weighted by molar-refractivity contribution is 7.88. The Balaban J connectivity index is 2.41. The van der Waals surface area contributed by atoms with Gasteiger partial charge in [-0.2, -0.15) is 0 Å². The van der Waals surface area contributed by atoms with Gasteiger partial charge in [0.15, 0.2) is 0 Å². The Morgan fingerprint density at radius 1 is 1.28 bits per heavy atom. The molecule has 0 spiro atoms. The van der Waals surface area contributed by atoms with Crippen LogP contribution < -0.4 is 9.64 Å². The molecule has 1 heterocycles. The summed E-state index contributed by atoms with van der Waals surface area (Å²) in [5.41, 5.74) is 1.40. The Labute approximate surface area is 150 Å². The van der Waals surface area contributed by atoms with Gasteiger partial charge in [-0.25, -0.2) is 12.7 Å². The summed E-state index contributed by atoms with van der Waals surface area (Å²) >= 11 is 0. The summed E-state index contributed by atoms with van der Waals surface area (Å²) in [6, 6.07) is 5.47. The second-order valence-electron chi connectivity index (χ2n) is 6.94. The quantitative estimate of drug-likeness (QED) is 0.795. The van der Waals surface area contributed by atoms with Crippen LogP contribution in [0.4, 0.5) is 5.69 Å². The van der Waals surface area contributed by atoms with Crippen LogP contribution >= 0.6 is 0 Å². The third kappa shape index (κ3) is 4.43. The second-order valence-corrected chi connectivity index (χ2v) is 9.03. The minimum absolute atomic E-state index is 0.0141. The average molecular weight is 369 g/mol. The molecule has 0 bridgehead atoms. The van der Waals surface area contributed by atoms with Crippen molar-refractivity contribution in [2.24, 2.45) is 5.92 Å². The average Bonchev–Trinajstić information content (AvgIpc) is 2.51. The first-order valence-electron chi connectivity index (χ1n) is 8.15. The third-order valence-corrected chi connectivity index (χ3v) is 5.82. The predicted octanol–water partition coefficient (Wildman–Crippen LogP) is 1.11. The number of carbonyl (C=O) groups excluding carboxylic acids is 1.